The van der Waals surface area contributed by atoms with Crippen LogP contribution in [-0.2, 0) is 0 Å². The summed E-state index contributed by atoms with van der Waals surface area (Å²) in [6.45, 7) is 4.77. The molecule has 1 unspecified atom stereocenters. The van der Waals surface area contributed by atoms with Crippen molar-refractivity contribution in [3.05, 3.63) is 63.6 Å². The fourth-order valence-corrected chi connectivity index (χ4v) is 2.50. The molecule has 0 aliphatic rings. The van der Waals surface area contributed by atoms with Crippen molar-refractivity contribution in [3.8, 4) is 0 Å². The second-order valence-corrected chi connectivity index (χ2v) is 5.16. The maximum absolute atomic E-state index is 13.7. The van der Waals surface area contributed by atoms with Gasteiger partial charge >= 0.3 is 0 Å². The number of aryl methyl sites for hydroxylation is 1. The second kappa shape index (κ2) is 6.26. The first-order valence-corrected chi connectivity index (χ1v) is 7.02. The molecule has 0 amide bonds. The average Bonchev–Trinajstić information content (AvgIpc) is 2.41. The SMILES string of the molecule is CCNC(c1ccc(C)nc1)c1cccc(F)c1Br. The van der Waals surface area contributed by atoms with Crippen LogP contribution in [-0.4, -0.2) is 11.5 Å². The van der Waals surface area contributed by atoms with E-state index in [1.165, 1.54) is 6.07 Å². The van der Waals surface area contributed by atoms with Gasteiger partial charge in [-0.2, -0.15) is 0 Å². The summed E-state index contributed by atoms with van der Waals surface area (Å²) in [5.41, 5.74) is 2.88. The molecule has 0 radical (unpaired) electrons. The van der Waals surface area contributed by atoms with E-state index in [-0.39, 0.29) is 11.9 Å². The molecule has 1 aromatic heterocycles. The zero-order valence-corrected chi connectivity index (χ0v) is 12.5. The van der Waals surface area contributed by atoms with Crippen LogP contribution in [0, 0.1) is 12.7 Å². The normalized spacial score (nSPS) is 12.4. The van der Waals surface area contributed by atoms with E-state index in [1.807, 2.05) is 38.2 Å². The fraction of sp³-hybridized carbons (Fsp3) is 0.267. The summed E-state index contributed by atoms with van der Waals surface area (Å²) in [6, 6.07) is 9.01. The van der Waals surface area contributed by atoms with Crippen LogP contribution in [0.15, 0.2) is 41.0 Å². The zero-order valence-electron chi connectivity index (χ0n) is 11.0. The molecule has 0 saturated carbocycles. The number of aromatic nitrogens is 1. The van der Waals surface area contributed by atoms with Crippen molar-refractivity contribution in [1.29, 1.82) is 0 Å². The Morgan fingerprint density at radius 2 is 2.11 bits per heavy atom. The van der Waals surface area contributed by atoms with Gasteiger partial charge in [0.2, 0.25) is 0 Å². The number of nitrogens with zero attached hydrogens (tertiary/aromatic N) is 1. The highest BCUT2D eigenvalue weighted by atomic mass is 79.9. The predicted octanol–water partition coefficient (Wildman–Crippen LogP) is 3.99. The number of hydrogen-bond acceptors (Lipinski definition) is 2. The van der Waals surface area contributed by atoms with E-state index >= 15 is 0 Å². The van der Waals surface area contributed by atoms with Crippen LogP contribution in [0.25, 0.3) is 0 Å². The van der Waals surface area contributed by atoms with Crippen molar-refractivity contribution >= 4 is 15.9 Å². The molecule has 2 nitrogen and oxygen atoms in total. The van der Waals surface area contributed by atoms with Crippen molar-refractivity contribution in [2.75, 3.05) is 6.54 Å². The first kappa shape index (κ1) is 14.2. The van der Waals surface area contributed by atoms with E-state index < -0.39 is 0 Å². The minimum Gasteiger partial charge on any atom is -0.306 e. The van der Waals surface area contributed by atoms with Crippen molar-refractivity contribution in [3.63, 3.8) is 0 Å². The van der Waals surface area contributed by atoms with Gasteiger partial charge < -0.3 is 5.32 Å². The van der Waals surface area contributed by atoms with E-state index in [0.717, 1.165) is 23.4 Å². The summed E-state index contributed by atoms with van der Waals surface area (Å²) in [6.07, 6.45) is 1.83. The lowest BCUT2D eigenvalue weighted by atomic mass is 10.00. The lowest BCUT2D eigenvalue weighted by molar-refractivity contribution is 0.594. The van der Waals surface area contributed by atoms with Gasteiger partial charge in [0, 0.05) is 11.9 Å². The predicted molar refractivity (Wildman–Crippen MR) is 78.6 cm³/mol. The number of rotatable bonds is 4. The number of hydrogen-bond donors (Lipinski definition) is 1. The molecular formula is C15H16BrFN2. The molecule has 0 aliphatic carbocycles. The van der Waals surface area contributed by atoms with Gasteiger partial charge in [-0.15, -0.1) is 0 Å². The van der Waals surface area contributed by atoms with Gasteiger partial charge in [0.25, 0.3) is 0 Å². The smallest absolute Gasteiger partial charge is 0.137 e. The maximum atomic E-state index is 13.7. The van der Waals surface area contributed by atoms with Crippen LogP contribution >= 0.6 is 15.9 Å². The second-order valence-electron chi connectivity index (χ2n) is 4.37. The van der Waals surface area contributed by atoms with Crippen molar-refractivity contribution in [2.24, 2.45) is 0 Å². The molecule has 1 atom stereocenters. The molecule has 19 heavy (non-hydrogen) atoms. The van der Waals surface area contributed by atoms with E-state index in [2.05, 4.69) is 26.2 Å². The Hall–Kier alpha value is -1.26. The largest absolute Gasteiger partial charge is 0.306 e. The van der Waals surface area contributed by atoms with Gasteiger partial charge in [-0.25, -0.2) is 4.39 Å². The van der Waals surface area contributed by atoms with Crippen LogP contribution in [0.5, 0.6) is 0 Å². The lowest BCUT2D eigenvalue weighted by Gasteiger charge is -2.20. The minimum absolute atomic E-state index is 0.0665. The first-order valence-electron chi connectivity index (χ1n) is 6.23. The Balaban J connectivity index is 2.45. The molecule has 0 spiro atoms. The molecule has 1 aromatic carbocycles. The molecule has 2 aromatic rings. The molecule has 4 heteroatoms. The highest BCUT2D eigenvalue weighted by Gasteiger charge is 2.17. The van der Waals surface area contributed by atoms with Crippen LogP contribution in [0.1, 0.15) is 29.8 Å². The Morgan fingerprint density at radius 3 is 2.74 bits per heavy atom. The summed E-state index contributed by atoms with van der Waals surface area (Å²) in [5, 5.41) is 3.37. The standard InChI is InChI=1S/C15H16BrFN2/c1-3-18-15(11-8-7-10(2)19-9-11)12-5-4-6-13(17)14(12)16/h4-9,15,18H,3H2,1-2H3. The highest BCUT2D eigenvalue weighted by Crippen LogP contribution is 2.30. The lowest BCUT2D eigenvalue weighted by Crippen LogP contribution is -2.22. The summed E-state index contributed by atoms with van der Waals surface area (Å²) in [7, 11) is 0. The van der Waals surface area contributed by atoms with Crippen molar-refractivity contribution in [1.82, 2.24) is 10.3 Å². The fourth-order valence-electron chi connectivity index (χ4n) is 2.00. The van der Waals surface area contributed by atoms with Gasteiger partial charge in [-0.3, -0.25) is 4.98 Å². The summed E-state index contributed by atoms with van der Waals surface area (Å²) in [5.74, 6) is -0.250. The third-order valence-corrected chi connectivity index (χ3v) is 3.80. The summed E-state index contributed by atoms with van der Waals surface area (Å²) < 4.78 is 14.2. The van der Waals surface area contributed by atoms with E-state index in [0.29, 0.717) is 4.47 Å². The average molecular weight is 323 g/mol. The molecule has 0 saturated heterocycles. The monoisotopic (exact) mass is 322 g/mol. The Bertz CT molecular complexity index is 555. The van der Waals surface area contributed by atoms with E-state index in [9.17, 15) is 4.39 Å². The van der Waals surface area contributed by atoms with Gasteiger partial charge in [0.15, 0.2) is 0 Å². The molecule has 1 N–H and O–H groups in total. The minimum atomic E-state index is -0.250. The van der Waals surface area contributed by atoms with Gasteiger partial charge in [0.1, 0.15) is 5.82 Å². The Labute approximate surface area is 121 Å². The van der Waals surface area contributed by atoms with Gasteiger partial charge in [-0.05, 0) is 52.7 Å². The van der Waals surface area contributed by atoms with Crippen LogP contribution in [0.2, 0.25) is 0 Å². The molecule has 1 heterocycles. The number of nitrogens with one attached hydrogen (secondary N) is 1. The first-order chi connectivity index (χ1) is 9.13. The molecular weight excluding hydrogens is 307 g/mol. The van der Waals surface area contributed by atoms with Crippen LogP contribution in [0.3, 0.4) is 0 Å². The van der Waals surface area contributed by atoms with Gasteiger partial charge in [-0.1, -0.05) is 25.1 Å². The third-order valence-electron chi connectivity index (χ3n) is 2.97. The van der Waals surface area contributed by atoms with Crippen LogP contribution < -0.4 is 5.32 Å². The third kappa shape index (κ3) is 3.19. The van der Waals surface area contributed by atoms with Crippen LogP contribution in [0.4, 0.5) is 4.39 Å². The maximum Gasteiger partial charge on any atom is 0.137 e. The van der Waals surface area contributed by atoms with E-state index in [1.54, 1.807) is 6.07 Å². The molecule has 100 valence electrons. The molecule has 0 fully saturated rings. The number of halogens is 2. The quantitative estimate of drug-likeness (QED) is 0.920. The summed E-state index contributed by atoms with van der Waals surface area (Å²) in [4.78, 5) is 4.31. The number of benzene rings is 1. The van der Waals surface area contributed by atoms with Crippen molar-refractivity contribution < 1.29 is 4.39 Å². The molecule has 0 aliphatic heterocycles. The highest BCUT2D eigenvalue weighted by molar-refractivity contribution is 9.10. The summed E-state index contributed by atoms with van der Waals surface area (Å²) >= 11 is 3.33. The topological polar surface area (TPSA) is 24.9 Å². The molecule has 2 rings (SSSR count). The Kier molecular flexibility index (Phi) is 4.66. The van der Waals surface area contributed by atoms with Gasteiger partial charge in [0.05, 0.1) is 10.5 Å². The zero-order chi connectivity index (χ0) is 13.8. The number of pyridine rings is 1. The molecule has 0 bridgehead atoms. The van der Waals surface area contributed by atoms with Crippen molar-refractivity contribution in [2.45, 2.75) is 19.9 Å². The van der Waals surface area contributed by atoms with E-state index in [4.69, 9.17) is 0 Å². The Morgan fingerprint density at radius 1 is 1.32 bits per heavy atom.